The van der Waals surface area contributed by atoms with Crippen molar-refractivity contribution >= 4 is 11.8 Å². The van der Waals surface area contributed by atoms with Crippen LogP contribution in [0.2, 0.25) is 0 Å². The smallest absolute Gasteiger partial charge is 0.0114 e. The molecule has 2 rings (SSSR count). The molecule has 0 aromatic carbocycles. The van der Waals surface area contributed by atoms with Gasteiger partial charge in [-0.05, 0) is 43.7 Å². The van der Waals surface area contributed by atoms with Gasteiger partial charge in [0.25, 0.3) is 0 Å². The maximum atomic E-state index is 2.75. The van der Waals surface area contributed by atoms with Gasteiger partial charge in [-0.25, -0.2) is 0 Å². The second kappa shape index (κ2) is 4.01. The Hall–Kier alpha value is 0.310. The van der Waals surface area contributed by atoms with Gasteiger partial charge in [0.1, 0.15) is 0 Å². The molecule has 2 heteroatoms. The molecule has 0 bridgehead atoms. The first-order chi connectivity index (χ1) is 5.92. The average Bonchev–Trinajstić information content (AvgIpc) is 2.92. The number of rotatable bonds is 3. The zero-order valence-corrected chi connectivity index (χ0v) is 8.78. The Balaban J connectivity index is 1.85. The van der Waals surface area contributed by atoms with E-state index >= 15 is 0 Å². The molecule has 1 aliphatic heterocycles. The Morgan fingerprint density at radius 1 is 1.08 bits per heavy atom. The fourth-order valence-corrected chi connectivity index (χ4v) is 3.32. The maximum absolute atomic E-state index is 2.75. The Morgan fingerprint density at radius 3 is 2.17 bits per heavy atom. The molecule has 0 radical (unpaired) electrons. The zero-order chi connectivity index (χ0) is 8.39. The lowest BCUT2D eigenvalue weighted by molar-refractivity contribution is 0.185. The lowest BCUT2D eigenvalue weighted by Crippen LogP contribution is -2.39. The minimum absolute atomic E-state index is 0.934. The Bertz CT molecular complexity index is 139. The second-order valence-corrected chi connectivity index (χ2v) is 5.13. The fraction of sp³-hybridized carbons (Fsp3) is 1.00. The Morgan fingerprint density at radius 2 is 1.67 bits per heavy atom. The quantitative estimate of drug-likeness (QED) is 0.664. The highest BCUT2D eigenvalue weighted by Crippen LogP contribution is 2.32. The topological polar surface area (TPSA) is 3.24 Å². The minimum Gasteiger partial charge on any atom is -0.298 e. The van der Waals surface area contributed by atoms with E-state index in [2.05, 4.69) is 23.6 Å². The first-order valence-corrected chi connectivity index (χ1v) is 6.40. The standard InChI is InChI=1S/C10H19NS/c1-2-11(9-3-4-9)10-5-7-12-8-6-10/h9-10H,2-8H2,1H3. The third-order valence-electron chi connectivity index (χ3n) is 3.04. The monoisotopic (exact) mass is 185 g/mol. The normalized spacial score (nSPS) is 26.5. The second-order valence-electron chi connectivity index (χ2n) is 3.91. The first-order valence-electron chi connectivity index (χ1n) is 5.25. The Labute approximate surface area is 79.9 Å². The molecule has 70 valence electrons. The van der Waals surface area contributed by atoms with Gasteiger partial charge in [-0.15, -0.1) is 0 Å². The van der Waals surface area contributed by atoms with Crippen molar-refractivity contribution in [1.29, 1.82) is 0 Å². The van der Waals surface area contributed by atoms with E-state index in [-0.39, 0.29) is 0 Å². The number of hydrogen-bond acceptors (Lipinski definition) is 2. The van der Waals surface area contributed by atoms with Gasteiger partial charge in [-0.2, -0.15) is 11.8 Å². The van der Waals surface area contributed by atoms with E-state index in [4.69, 9.17) is 0 Å². The highest BCUT2D eigenvalue weighted by atomic mass is 32.2. The van der Waals surface area contributed by atoms with Crippen molar-refractivity contribution in [2.45, 2.75) is 44.7 Å². The van der Waals surface area contributed by atoms with Crippen molar-refractivity contribution in [3.8, 4) is 0 Å². The molecule has 1 heterocycles. The molecule has 2 aliphatic rings. The summed E-state index contributed by atoms with van der Waals surface area (Å²) in [6.07, 6.45) is 5.82. The zero-order valence-electron chi connectivity index (χ0n) is 7.96. The molecule has 1 saturated heterocycles. The maximum Gasteiger partial charge on any atom is 0.0114 e. The molecule has 0 amide bonds. The van der Waals surface area contributed by atoms with Crippen LogP contribution in [0, 0.1) is 0 Å². The molecule has 2 fully saturated rings. The fourth-order valence-electron chi connectivity index (χ4n) is 2.24. The van der Waals surface area contributed by atoms with Crippen LogP contribution in [0.5, 0.6) is 0 Å². The van der Waals surface area contributed by atoms with Crippen LogP contribution in [-0.2, 0) is 0 Å². The molecule has 1 saturated carbocycles. The van der Waals surface area contributed by atoms with Crippen LogP contribution in [0.1, 0.15) is 32.6 Å². The van der Waals surface area contributed by atoms with Gasteiger partial charge in [-0.3, -0.25) is 4.90 Å². The molecule has 0 aromatic rings. The van der Waals surface area contributed by atoms with Gasteiger partial charge in [0.2, 0.25) is 0 Å². The summed E-state index contributed by atoms with van der Waals surface area (Å²) >= 11 is 2.13. The van der Waals surface area contributed by atoms with Crippen molar-refractivity contribution in [2.24, 2.45) is 0 Å². The number of thioether (sulfide) groups is 1. The highest BCUT2D eigenvalue weighted by molar-refractivity contribution is 7.99. The van der Waals surface area contributed by atoms with E-state index < -0.39 is 0 Å². The van der Waals surface area contributed by atoms with Crippen molar-refractivity contribution in [1.82, 2.24) is 4.90 Å². The lowest BCUT2D eigenvalue weighted by atomic mass is 10.1. The molecule has 0 N–H and O–H groups in total. The van der Waals surface area contributed by atoms with E-state index in [0.29, 0.717) is 0 Å². The SMILES string of the molecule is CCN(C1CCSCC1)C1CC1. The summed E-state index contributed by atoms with van der Waals surface area (Å²) in [5, 5.41) is 0. The van der Waals surface area contributed by atoms with Crippen LogP contribution < -0.4 is 0 Å². The van der Waals surface area contributed by atoms with Crippen LogP contribution in [0.4, 0.5) is 0 Å². The van der Waals surface area contributed by atoms with Gasteiger partial charge in [0.05, 0.1) is 0 Å². The average molecular weight is 185 g/mol. The van der Waals surface area contributed by atoms with Gasteiger partial charge >= 0.3 is 0 Å². The predicted molar refractivity (Wildman–Crippen MR) is 55.7 cm³/mol. The number of nitrogens with zero attached hydrogens (tertiary/aromatic N) is 1. The van der Waals surface area contributed by atoms with Crippen LogP contribution in [0.3, 0.4) is 0 Å². The van der Waals surface area contributed by atoms with Gasteiger partial charge in [0.15, 0.2) is 0 Å². The summed E-state index contributed by atoms with van der Waals surface area (Å²) in [4.78, 5) is 2.75. The first kappa shape index (κ1) is 8.89. The van der Waals surface area contributed by atoms with E-state index in [1.807, 2.05) is 0 Å². The van der Waals surface area contributed by atoms with Crippen molar-refractivity contribution < 1.29 is 0 Å². The van der Waals surface area contributed by atoms with E-state index in [0.717, 1.165) is 12.1 Å². The molecule has 12 heavy (non-hydrogen) atoms. The van der Waals surface area contributed by atoms with Crippen molar-refractivity contribution in [3.63, 3.8) is 0 Å². The summed E-state index contributed by atoms with van der Waals surface area (Å²) < 4.78 is 0. The van der Waals surface area contributed by atoms with Gasteiger partial charge in [-0.1, -0.05) is 6.92 Å². The highest BCUT2D eigenvalue weighted by Gasteiger charge is 2.33. The van der Waals surface area contributed by atoms with Crippen LogP contribution in [0.25, 0.3) is 0 Å². The molecule has 1 aliphatic carbocycles. The van der Waals surface area contributed by atoms with E-state index in [1.54, 1.807) is 0 Å². The van der Waals surface area contributed by atoms with Crippen LogP contribution >= 0.6 is 11.8 Å². The molecule has 0 aromatic heterocycles. The van der Waals surface area contributed by atoms with Crippen LogP contribution in [-0.4, -0.2) is 35.0 Å². The van der Waals surface area contributed by atoms with E-state index in [9.17, 15) is 0 Å². The lowest BCUT2D eigenvalue weighted by Gasteiger charge is -2.33. The third kappa shape index (κ3) is 1.97. The van der Waals surface area contributed by atoms with Crippen LogP contribution in [0.15, 0.2) is 0 Å². The molecular weight excluding hydrogens is 166 g/mol. The summed E-state index contributed by atoms with van der Waals surface area (Å²) in [6.45, 7) is 3.60. The summed E-state index contributed by atoms with van der Waals surface area (Å²) in [5.74, 6) is 2.79. The third-order valence-corrected chi connectivity index (χ3v) is 4.09. The molecule has 0 spiro atoms. The molecule has 1 nitrogen and oxygen atoms in total. The molecule has 0 unspecified atom stereocenters. The summed E-state index contributed by atoms with van der Waals surface area (Å²) in [5.41, 5.74) is 0. The minimum atomic E-state index is 0.934. The number of hydrogen-bond donors (Lipinski definition) is 0. The summed E-state index contributed by atoms with van der Waals surface area (Å²) in [6, 6.07) is 1.91. The van der Waals surface area contributed by atoms with E-state index in [1.165, 1.54) is 43.7 Å². The predicted octanol–water partition coefficient (Wildman–Crippen LogP) is 2.37. The Kier molecular flexibility index (Phi) is 2.97. The largest absolute Gasteiger partial charge is 0.298 e. The van der Waals surface area contributed by atoms with Crippen molar-refractivity contribution in [3.05, 3.63) is 0 Å². The molecule has 0 atom stereocenters. The van der Waals surface area contributed by atoms with Gasteiger partial charge < -0.3 is 0 Å². The van der Waals surface area contributed by atoms with Crippen molar-refractivity contribution in [2.75, 3.05) is 18.1 Å². The summed E-state index contributed by atoms with van der Waals surface area (Å²) in [7, 11) is 0. The van der Waals surface area contributed by atoms with Gasteiger partial charge in [0, 0.05) is 12.1 Å². The molecular formula is C10H19NS.